The van der Waals surface area contributed by atoms with Gasteiger partial charge in [-0.25, -0.2) is 14.4 Å². The van der Waals surface area contributed by atoms with Gasteiger partial charge in [0.2, 0.25) is 0 Å². The molecule has 2 aliphatic carbocycles. The van der Waals surface area contributed by atoms with Crippen LogP contribution in [0.25, 0.3) is 0 Å². The number of allylic oxidation sites excluding steroid dienone is 1. The fourth-order valence-corrected chi connectivity index (χ4v) is 7.14. The van der Waals surface area contributed by atoms with Gasteiger partial charge in [-0.1, -0.05) is 38.7 Å². The largest absolute Gasteiger partial charge is 0.459 e. The normalized spacial score (nSPS) is 31.4. The molecule has 3 aliphatic rings. The third kappa shape index (κ3) is 8.96. The number of hydrogen-bond donors (Lipinski definition) is 3. The number of aliphatic hydroxyl groups is 2. The minimum absolute atomic E-state index is 0.0299. The molecule has 0 radical (unpaired) electrons. The van der Waals surface area contributed by atoms with Crippen LogP contribution in [0.4, 0.5) is 4.79 Å². The zero-order valence-corrected chi connectivity index (χ0v) is 31.9. The van der Waals surface area contributed by atoms with Crippen LogP contribution in [0.3, 0.4) is 0 Å². The minimum atomic E-state index is -2.73. The standard InChI is InChI=1S/C37H55NO14/c1-11-13-14-15-16-17-24(40)48-29-27-26(21(4)28(29)49-31(42)20(3)12-2)30-37(46,36(10,45)32(43)50-30)23(18-35(27,9)51-22(5)39)47-25(41)19-38-33(44)52-34(6,7)8/h12,23,27-30,45-46H,11,13-19H2,1-10H3,(H,38,44)/b20-12-/t23-,27+,28-,29-,30-,35-,36+,37+/m0/s1. The van der Waals surface area contributed by atoms with Crippen molar-refractivity contribution >= 4 is 35.9 Å². The highest BCUT2D eigenvalue weighted by Crippen LogP contribution is 2.57. The van der Waals surface area contributed by atoms with E-state index in [1.807, 2.05) is 0 Å². The van der Waals surface area contributed by atoms with E-state index in [1.165, 1.54) is 26.8 Å². The molecule has 0 aromatic rings. The van der Waals surface area contributed by atoms with Crippen molar-refractivity contribution < 1.29 is 67.4 Å². The Morgan fingerprint density at radius 3 is 2.19 bits per heavy atom. The van der Waals surface area contributed by atoms with E-state index >= 15 is 0 Å². The second-order valence-corrected chi connectivity index (χ2v) is 15.2. The lowest BCUT2D eigenvalue weighted by Gasteiger charge is -2.41. The fraction of sp³-hybridized carbons (Fsp3) is 0.730. The predicted molar refractivity (Wildman–Crippen MR) is 183 cm³/mol. The van der Waals surface area contributed by atoms with Crippen LogP contribution in [-0.2, 0) is 52.4 Å². The second kappa shape index (κ2) is 16.4. The number of fused-ring (bicyclic) bond motifs is 3. The molecule has 15 heteroatoms. The first kappa shape index (κ1) is 42.4. The molecule has 3 N–H and O–H groups in total. The zero-order valence-electron chi connectivity index (χ0n) is 31.9. The molecule has 1 aliphatic heterocycles. The van der Waals surface area contributed by atoms with E-state index in [2.05, 4.69) is 12.2 Å². The first-order valence-corrected chi connectivity index (χ1v) is 17.8. The minimum Gasteiger partial charge on any atom is -0.459 e. The van der Waals surface area contributed by atoms with Crippen LogP contribution in [0.1, 0.15) is 114 Å². The van der Waals surface area contributed by atoms with Crippen LogP contribution < -0.4 is 5.32 Å². The molecule has 0 aromatic carbocycles. The number of ether oxygens (including phenoxy) is 6. The van der Waals surface area contributed by atoms with Crippen LogP contribution in [0.15, 0.2) is 22.8 Å². The SMILES string of the molecule is C/C=C(/C)C(=O)O[C@H]1C(C)=C2[C@H]([C@@H]1OC(=O)CCCCCCC)[C@@](C)(OC(C)=O)C[C@H](OC(=O)CNC(=O)OC(C)(C)C)[C@@]1(O)[C@H]2OC(=O)[C@@]1(C)O. The maximum atomic E-state index is 13.4. The lowest BCUT2D eigenvalue weighted by molar-refractivity contribution is -0.211. The van der Waals surface area contributed by atoms with Crippen LogP contribution >= 0.6 is 0 Å². The Morgan fingerprint density at radius 1 is 0.981 bits per heavy atom. The first-order chi connectivity index (χ1) is 24.0. The van der Waals surface area contributed by atoms with E-state index in [4.69, 9.17) is 28.4 Å². The summed E-state index contributed by atoms with van der Waals surface area (Å²) in [6.07, 6.45) is -1.95. The summed E-state index contributed by atoms with van der Waals surface area (Å²) in [7, 11) is 0. The van der Waals surface area contributed by atoms with Gasteiger partial charge < -0.3 is 44.0 Å². The molecule has 0 bridgehead atoms. The summed E-state index contributed by atoms with van der Waals surface area (Å²) in [6, 6.07) is 0. The number of rotatable bonds is 13. The summed E-state index contributed by atoms with van der Waals surface area (Å²) < 4.78 is 34.5. The van der Waals surface area contributed by atoms with Crippen LogP contribution in [0, 0.1) is 5.92 Å². The van der Waals surface area contributed by atoms with E-state index in [1.54, 1.807) is 27.7 Å². The molecule has 292 valence electrons. The Bertz CT molecular complexity index is 1470. The molecule has 15 nitrogen and oxygen atoms in total. The smallest absolute Gasteiger partial charge is 0.408 e. The Kier molecular flexibility index (Phi) is 13.3. The second-order valence-electron chi connectivity index (χ2n) is 15.2. The number of nitrogens with one attached hydrogen (secondary N) is 1. The highest BCUT2D eigenvalue weighted by Gasteiger charge is 2.76. The molecule has 8 atom stereocenters. The fourth-order valence-electron chi connectivity index (χ4n) is 7.14. The van der Waals surface area contributed by atoms with Crippen LogP contribution in [0.2, 0.25) is 0 Å². The Morgan fingerprint density at radius 2 is 1.62 bits per heavy atom. The van der Waals surface area contributed by atoms with Gasteiger partial charge in [0.1, 0.15) is 23.9 Å². The van der Waals surface area contributed by atoms with Gasteiger partial charge in [-0.15, -0.1) is 0 Å². The van der Waals surface area contributed by atoms with Gasteiger partial charge in [0.15, 0.2) is 29.5 Å². The summed E-state index contributed by atoms with van der Waals surface area (Å²) in [5, 5.41) is 26.4. The molecule has 1 amide bonds. The van der Waals surface area contributed by atoms with Gasteiger partial charge in [-0.3, -0.25) is 14.4 Å². The molecule has 2 fully saturated rings. The van der Waals surface area contributed by atoms with Crippen molar-refractivity contribution in [1.82, 2.24) is 5.32 Å². The summed E-state index contributed by atoms with van der Waals surface area (Å²) in [6.45, 7) is 14.5. The molecule has 1 saturated carbocycles. The number of amides is 1. The third-order valence-electron chi connectivity index (χ3n) is 9.84. The van der Waals surface area contributed by atoms with Crippen molar-refractivity contribution in [2.75, 3.05) is 6.54 Å². The molecule has 0 spiro atoms. The molecular weight excluding hydrogens is 682 g/mol. The van der Waals surface area contributed by atoms with Crippen molar-refractivity contribution in [3.05, 3.63) is 22.8 Å². The molecule has 52 heavy (non-hydrogen) atoms. The average molecular weight is 738 g/mol. The highest BCUT2D eigenvalue weighted by molar-refractivity contribution is 5.88. The Hall–Kier alpha value is -3.98. The monoisotopic (exact) mass is 737 g/mol. The number of unbranched alkanes of at least 4 members (excludes halogenated alkanes) is 4. The zero-order chi connectivity index (χ0) is 39.4. The van der Waals surface area contributed by atoms with Gasteiger partial charge in [-0.2, -0.15) is 0 Å². The number of hydrogen-bond acceptors (Lipinski definition) is 14. The summed E-state index contributed by atoms with van der Waals surface area (Å²) in [5.74, 6) is -5.77. The van der Waals surface area contributed by atoms with Crippen molar-refractivity contribution in [3.8, 4) is 0 Å². The quantitative estimate of drug-likeness (QED) is 0.0810. The highest BCUT2D eigenvalue weighted by atomic mass is 16.6. The summed E-state index contributed by atoms with van der Waals surface area (Å²) in [4.78, 5) is 78.2. The van der Waals surface area contributed by atoms with Crippen molar-refractivity contribution in [1.29, 1.82) is 0 Å². The number of esters is 5. The number of alkyl carbamates (subject to hydrolysis) is 1. The molecule has 0 aromatic heterocycles. The lowest BCUT2D eigenvalue weighted by atomic mass is 9.75. The summed E-state index contributed by atoms with van der Waals surface area (Å²) >= 11 is 0. The Balaban J connectivity index is 2.17. The molecule has 3 rings (SSSR count). The van der Waals surface area contributed by atoms with Crippen molar-refractivity contribution in [3.63, 3.8) is 0 Å². The van der Waals surface area contributed by atoms with E-state index in [-0.39, 0.29) is 23.1 Å². The third-order valence-corrected chi connectivity index (χ3v) is 9.84. The number of carbonyl (C=O) groups excluding carboxylic acids is 6. The molecule has 1 saturated heterocycles. The molecular formula is C37H55NO14. The molecule has 1 heterocycles. The maximum Gasteiger partial charge on any atom is 0.408 e. The van der Waals surface area contributed by atoms with Gasteiger partial charge in [0.05, 0.1) is 5.92 Å². The van der Waals surface area contributed by atoms with E-state index in [0.29, 0.717) is 6.42 Å². The summed E-state index contributed by atoms with van der Waals surface area (Å²) in [5.41, 5.74) is -7.62. The van der Waals surface area contributed by atoms with E-state index < -0.39 is 102 Å². The van der Waals surface area contributed by atoms with Crippen molar-refractivity contribution in [2.45, 2.75) is 161 Å². The van der Waals surface area contributed by atoms with Gasteiger partial charge in [0.25, 0.3) is 0 Å². The van der Waals surface area contributed by atoms with Gasteiger partial charge in [0, 0.05) is 25.3 Å². The maximum absolute atomic E-state index is 13.4. The predicted octanol–water partition coefficient (Wildman–Crippen LogP) is 3.65. The van der Waals surface area contributed by atoms with Crippen molar-refractivity contribution in [2.24, 2.45) is 5.92 Å². The lowest BCUT2D eigenvalue weighted by Crippen LogP contribution is -2.64. The van der Waals surface area contributed by atoms with E-state index in [0.717, 1.165) is 39.5 Å². The van der Waals surface area contributed by atoms with E-state index in [9.17, 15) is 39.0 Å². The van der Waals surface area contributed by atoms with Gasteiger partial charge >= 0.3 is 35.9 Å². The molecule has 0 unspecified atom stereocenters. The van der Waals surface area contributed by atoms with Gasteiger partial charge in [-0.05, 0) is 73.0 Å². The first-order valence-electron chi connectivity index (χ1n) is 17.8. The van der Waals surface area contributed by atoms with Crippen LogP contribution in [0.5, 0.6) is 0 Å². The topological polar surface area (TPSA) is 210 Å². The Labute approximate surface area is 304 Å². The average Bonchev–Trinajstić information content (AvgIpc) is 3.36. The number of carbonyl (C=O) groups is 6. The van der Waals surface area contributed by atoms with Crippen LogP contribution in [-0.4, -0.2) is 99.5 Å².